The van der Waals surface area contributed by atoms with Crippen molar-refractivity contribution in [2.75, 3.05) is 5.32 Å². The molecule has 1 aromatic carbocycles. The molecule has 2 rings (SSSR count). The number of aryl methyl sites for hydroxylation is 1. The molecule has 4 nitrogen and oxygen atoms in total. The lowest BCUT2D eigenvalue weighted by molar-refractivity contribution is 0.446. The summed E-state index contributed by atoms with van der Waals surface area (Å²) in [7, 11) is 0. The van der Waals surface area contributed by atoms with Gasteiger partial charge in [-0.3, -0.25) is 0 Å². The van der Waals surface area contributed by atoms with Crippen LogP contribution in [0.5, 0.6) is 11.5 Å². The summed E-state index contributed by atoms with van der Waals surface area (Å²) in [4.78, 5) is 3.95. The molecule has 0 radical (unpaired) electrons. The Kier molecular flexibility index (Phi) is 4.02. The van der Waals surface area contributed by atoms with E-state index in [9.17, 15) is 10.2 Å². The van der Waals surface area contributed by atoms with Crippen LogP contribution in [0.2, 0.25) is 10.3 Å². The molecule has 0 fully saturated rings. The van der Waals surface area contributed by atoms with Crippen molar-refractivity contribution in [3.63, 3.8) is 0 Å². The SMILES string of the molecule is Cc1cc(Cl)nc(Cl)c1NCc1ccc(O)cc1O. The van der Waals surface area contributed by atoms with Crippen LogP contribution >= 0.6 is 23.2 Å². The molecule has 0 unspecified atom stereocenters. The van der Waals surface area contributed by atoms with Gasteiger partial charge in [-0.05, 0) is 30.7 Å². The lowest BCUT2D eigenvalue weighted by atomic mass is 10.2. The number of phenols is 2. The van der Waals surface area contributed by atoms with Gasteiger partial charge in [0, 0.05) is 18.2 Å². The van der Waals surface area contributed by atoms with Gasteiger partial charge in [0.15, 0.2) is 5.15 Å². The van der Waals surface area contributed by atoms with Crippen molar-refractivity contribution in [3.8, 4) is 11.5 Å². The van der Waals surface area contributed by atoms with Crippen LogP contribution in [0.3, 0.4) is 0 Å². The van der Waals surface area contributed by atoms with Gasteiger partial charge >= 0.3 is 0 Å². The summed E-state index contributed by atoms with van der Waals surface area (Å²) in [6, 6.07) is 6.12. The lowest BCUT2D eigenvalue weighted by Gasteiger charge is -2.12. The molecule has 0 atom stereocenters. The maximum Gasteiger partial charge on any atom is 0.154 e. The Morgan fingerprint density at radius 1 is 1.21 bits per heavy atom. The standard InChI is InChI=1S/C13H12Cl2N2O2/c1-7-4-11(14)17-13(15)12(7)16-6-8-2-3-9(18)5-10(8)19/h2-5,16,18-19H,6H2,1H3. The van der Waals surface area contributed by atoms with Gasteiger partial charge in [-0.1, -0.05) is 23.2 Å². The minimum absolute atomic E-state index is 0.0169. The third-order valence-electron chi connectivity index (χ3n) is 2.67. The number of nitrogens with zero attached hydrogens (tertiary/aromatic N) is 1. The monoisotopic (exact) mass is 298 g/mol. The van der Waals surface area contributed by atoms with Crippen molar-refractivity contribution < 1.29 is 10.2 Å². The Bertz CT molecular complexity index is 595. The van der Waals surface area contributed by atoms with E-state index in [1.165, 1.54) is 12.1 Å². The molecule has 0 spiro atoms. The van der Waals surface area contributed by atoms with Crippen molar-refractivity contribution >= 4 is 28.9 Å². The van der Waals surface area contributed by atoms with E-state index >= 15 is 0 Å². The topological polar surface area (TPSA) is 65.4 Å². The second kappa shape index (κ2) is 5.55. The number of benzene rings is 1. The molecule has 0 saturated carbocycles. The van der Waals surface area contributed by atoms with Gasteiger partial charge in [-0.2, -0.15) is 0 Å². The zero-order chi connectivity index (χ0) is 14.0. The first-order chi connectivity index (χ1) is 8.97. The molecule has 0 aliphatic rings. The van der Waals surface area contributed by atoms with E-state index in [4.69, 9.17) is 23.2 Å². The van der Waals surface area contributed by atoms with Gasteiger partial charge < -0.3 is 15.5 Å². The number of aromatic nitrogens is 1. The number of phenolic OH excluding ortho intramolecular Hbond substituents is 2. The fourth-order valence-electron chi connectivity index (χ4n) is 1.69. The number of hydrogen-bond donors (Lipinski definition) is 3. The molecule has 2 aromatic rings. The van der Waals surface area contributed by atoms with Crippen molar-refractivity contribution in [3.05, 3.63) is 45.7 Å². The highest BCUT2D eigenvalue weighted by Gasteiger charge is 2.09. The Morgan fingerprint density at radius 2 is 1.95 bits per heavy atom. The Balaban J connectivity index is 2.19. The summed E-state index contributed by atoms with van der Waals surface area (Å²) in [5.74, 6) is 0.0341. The first kappa shape index (κ1) is 13.8. The largest absolute Gasteiger partial charge is 0.508 e. The van der Waals surface area contributed by atoms with E-state index in [-0.39, 0.29) is 16.7 Å². The molecule has 6 heteroatoms. The van der Waals surface area contributed by atoms with E-state index in [0.717, 1.165) is 5.56 Å². The van der Waals surface area contributed by atoms with Crippen LogP contribution in [-0.2, 0) is 6.54 Å². The van der Waals surface area contributed by atoms with Crippen LogP contribution in [0, 0.1) is 6.92 Å². The second-order valence-corrected chi connectivity index (χ2v) is 4.84. The predicted octanol–water partition coefficient (Wildman–Crippen LogP) is 3.72. The summed E-state index contributed by atoms with van der Waals surface area (Å²) in [6.45, 7) is 2.22. The Morgan fingerprint density at radius 3 is 2.58 bits per heavy atom. The number of anilines is 1. The lowest BCUT2D eigenvalue weighted by Crippen LogP contribution is -2.03. The minimum atomic E-state index is 0.0169. The highest BCUT2D eigenvalue weighted by atomic mass is 35.5. The van der Waals surface area contributed by atoms with Crippen LogP contribution in [0.15, 0.2) is 24.3 Å². The molecule has 3 N–H and O–H groups in total. The molecule has 0 saturated heterocycles. The van der Waals surface area contributed by atoms with Crippen LogP contribution in [0.4, 0.5) is 5.69 Å². The predicted molar refractivity (Wildman–Crippen MR) is 76.1 cm³/mol. The third-order valence-corrected chi connectivity index (χ3v) is 3.13. The van der Waals surface area contributed by atoms with E-state index in [2.05, 4.69) is 10.3 Å². The number of nitrogens with one attached hydrogen (secondary N) is 1. The summed E-state index contributed by atoms with van der Waals surface area (Å²) >= 11 is 11.8. The normalized spacial score (nSPS) is 10.5. The molecule has 0 aliphatic heterocycles. The first-order valence-electron chi connectivity index (χ1n) is 5.54. The number of rotatable bonds is 3. The zero-order valence-electron chi connectivity index (χ0n) is 10.1. The molecule has 0 aliphatic carbocycles. The van der Waals surface area contributed by atoms with Crippen molar-refractivity contribution in [2.24, 2.45) is 0 Å². The van der Waals surface area contributed by atoms with Gasteiger partial charge in [-0.25, -0.2) is 4.98 Å². The van der Waals surface area contributed by atoms with Gasteiger partial charge in [0.05, 0.1) is 5.69 Å². The van der Waals surface area contributed by atoms with Gasteiger partial charge in [0.1, 0.15) is 16.7 Å². The van der Waals surface area contributed by atoms with Crippen molar-refractivity contribution in [2.45, 2.75) is 13.5 Å². The fourth-order valence-corrected chi connectivity index (χ4v) is 2.29. The van der Waals surface area contributed by atoms with E-state index in [0.29, 0.717) is 22.9 Å². The van der Waals surface area contributed by atoms with Crippen molar-refractivity contribution in [1.29, 1.82) is 0 Å². The maximum absolute atomic E-state index is 9.68. The van der Waals surface area contributed by atoms with Gasteiger partial charge in [0.25, 0.3) is 0 Å². The molecule has 0 amide bonds. The number of pyridine rings is 1. The zero-order valence-corrected chi connectivity index (χ0v) is 11.6. The molecule has 1 heterocycles. The molecule has 19 heavy (non-hydrogen) atoms. The Labute approximate surface area is 120 Å². The molecule has 1 aromatic heterocycles. The quantitative estimate of drug-likeness (QED) is 0.756. The van der Waals surface area contributed by atoms with Crippen LogP contribution in [0.1, 0.15) is 11.1 Å². The molecular weight excluding hydrogens is 287 g/mol. The average Bonchev–Trinajstić information content (AvgIpc) is 2.30. The fraction of sp³-hybridized carbons (Fsp3) is 0.154. The summed E-state index contributed by atoms with van der Waals surface area (Å²) < 4.78 is 0. The van der Waals surface area contributed by atoms with Gasteiger partial charge in [0.2, 0.25) is 0 Å². The average molecular weight is 299 g/mol. The third kappa shape index (κ3) is 3.22. The maximum atomic E-state index is 9.68. The highest BCUT2D eigenvalue weighted by Crippen LogP contribution is 2.28. The van der Waals surface area contributed by atoms with Gasteiger partial charge in [-0.15, -0.1) is 0 Å². The van der Waals surface area contributed by atoms with Crippen molar-refractivity contribution in [1.82, 2.24) is 4.98 Å². The van der Waals surface area contributed by atoms with E-state index < -0.39 is 0 Å². The molecule has 0 bridgehead atoms. The summed E-state index contributed by atoms with van der Waals surface area (Å²) in [6.07, 6.45) is 0. The van der Waals surface area contributed by atoms with Crippen LogP contribution < -0.4 is 5.32 Å². The second-order valence-electron chi connectivity index (χ2n) is 4.09. The van der Waals surface area contributed by atoms with Crippen LogP contribution in [-0.4, -0.2) is 15.2 Å². The minimum Gasteiger partial charge on any atom is -0.508 e. The summed E-state index contributed by atoms with van der Waals surface area (Å²) in [5.41, 5.74) is 2.17. The van der Waals surface area contributed by atoms with E-state index in [1.54, 1.807) is 12.1 Å². The molecule has 100 valence electrons. The highest BCUT2D eigenvalue weighted by molar-refractivity contribution is 6.34. The first-order valence-corrected chi connectivity index (χ1v) is 6.30. The van der Waals surface area contributed by atoms with Crippen LogP contribution in [0.25, 0.3) is 0 Å². The number of halogens is 2. The number of hydrogen-bond acceptors (Lipinski definition) is 4. The molecular formula is C13H12Cl2N2O2. The summed E-state index contributed by atoms with van der Waals surface area (Å²) in [5, 5.41) is 22.6. The number of aromatic hydroxyl groups is 2. The van der Waals surface area contributed by atoms with E-state index in [1.807, 2.05) is 6.92 Å². The smallest absolute Gasteiger partial charge is 0.154 e. The Hall–Kier alpha value is -1.65.